The number of aromatic amines is 2. The lowest BCUT2D eigenvalue weighted by Gasteiger charge is -2.28. The van der Waals surface area contributed by atoms with Gasteiger partial charge in [-0.2, -0.15) is 0 Å². The molecular formula is C48H73N19O13. The van der Waals surface area contributed by atoms with E-state index in [4.69, 9.17) is 22.9 Å². The minimum atomic E-state index is -1.67. The number of nitrogens with one attached hydrogen (secondary N) is 11. The minimum absolute atomic E-state index is 0.00893. The van der Waals surface area contributed by atoms with Crippen molar-refractivity contribution in [1.82, 2.24) is 77.6 Å². The van der Waals surface area contributed by atoms with Crippen molar-refractivity contribution in [3.63, 3.8) is 0 Å². The van der Waals surface area contributed by atoms with Crippen molar-refractivity contribution in [3.8, 4) is 0 Å². The Kier molecular flexibility index (Phi) is 24.3. The third-order valence-electron chi connectivity index (χ3n) is 13.5. The molecule has 0 spiro atoms. The molecule has 438 valence electrons. The Morgan fingerprint density at radius 3 is 1.26 bits per heavy atom. The highest BCUT2D eigenvalue weighted by atomic mass is 16.2. The first-order chi connectivity index (χ1) is 38.3. The Morgan fingerprint density at radius 1 is 0.475 bits per heavy atom. The SMILES string of the molecule is NCCCC[C@H]1NC(=O)CNC(=O)[C@H](CC(N)=O)NC(=O)[C@@H]2CCCN2C(=O)CNC(=O)[C@H](Cc2c[nH]cn2)NC(=O)[C@@H](CCCCN)NC(=O)[C@H](CC(N)=O)NC(=O)[C@@H]2CCCN2C(=O)CNC(=O)[C@H](Cc2c[nH]cn2)NC1=O. The number of H-pyrrole nitrogens is 2. The van der Waals surface area contributed by atoms with Crippen LogP contribution >= 0.6 is 0 Å². The molecule has 2 aromatic heterocycles. The van der Waals surface area contributed by atoms with E-state index in [9.17, 15) is 62.3 Å². The zero-order chi connectivity index (χ0) is 58.3. The molecule has 0 radical (unpaired) electrons. The minimum Gasteiger partial charge on any atom is -0.370 e. The molecule has 32 nitrogen and oxygen atoms in total. The van der Waals surface area contributed by atoms with Gasteiger partial charge in [-0.25, -0.2) is 9.97 Å². The molecule has 3 fully saturated rings. The van der Waals surface area contributed by atoms with Crippen LogP contribution in [0.1, 0.15) is 88.4 Å². The number of fused-ring (bicyclic) bond motifs is 2. The fourth-order valence-electron chi connectivity index (χ4n) is 9.33. The molecule has 8 atom stereocenters. The highest BCUT2D eigenvalue weighted by Crippen LogP contribution is 2.20. The van der Waals surface area contributed by atoms with E-state index in [-0.39, 0.29) is 71.1 Å². The second-order valence-corrected chi connectivity index (χ2v) is 19.5. The fourth-order valence-corrected chi connectivity index (χ4v) is 9.33. The summed E-state index contributed by atoms with van der Waals surface area (Å²) in [5, 5.41) is 22.5. The zero-order valence-corrected chi connectivity index (χ0v) is 44.2. The van der Waals surface area contributed by atoms with Crippen molar-refractivity contribution in [2.24, 2.45) is 22.9 Å². The maximum Gasteiger partial charge on any atom is 0.243 e. The van der Waals surface area contributed by atoms with Crippen LogP contribution in [-0.2, 0) is 75.2 Å². The molecule has 2 aromatic rings. The number of nitrogens with zero attached hydrogens (tertiary/aromatic N) is 4. The maximum absolute atomic E-state index is 14.2. The Labute approximate surface area is 459 Å². The molecular weight excluding hydrogens is 1050 g/mol. The molecule has 32 heteroatoms. The maximum atomic E-state index is 14.2. The molecule has 0 aliphatic carbocycles. The molecule has 3 aliphatic rings. The van der Waals surface area contributed by atoms with Gasteiger partial charge in [0, 0.05) is 38.3 Å². The normalized spacial score (nSPS) is 25.1. The van der Waals surface area contributed by atoms with Gasteiger partial charge in [0.15, 0.2) is 0 Å². The van der Waals surface area contributed by atoms with Gasteiger partial charge in [-0.15, -0.1) is 0 Å². The summed E-state index contributed by atoms with van der Waals surface area (Å²) in [6, 6.07) is -11.3. The Morgan fingerprint density at radius 2 is 0.850 bits per heavy atom. The van der Waals surface area contributed by atoms with Gasteiger partial charge in [0.25, 0.3) is 0 Å². The third-order valence-corrected chi connectivity index (χ3v) is 13.5. The van der Waals surface area contributed by atoms with Gasteiger partial charge in [0.1, 0.15) is 48.3 Å². The van der Waals surface area contributed by atoms with Gasteiger partial charge in [0.05, 0.1) is 56.5 Å². The molecule has 0 aromatic carbocycles. The molecule has 13 amide bonds. The summed E-state index contributed by atoms with van der Waals surface area (Å²) in [6.07, 6.45) is 5.91. The number of aromatic nitrogens is 4. The second kappa shape index (κ2) is 31.1. The molecule has 5 rings (SSSR count). The van der Waals surface area contributed by atoms with Crippen LogP contribution in [0.5, 0.6) is 0 Å². The Bertz CT molecular complexity index is 2530. The number of imidazole rings is 2. The molecule has 3 aliphatic heterocycles. The summed E-state index contributed by atoms with van der Waals surface area (Å²) in [7, 11) is 0. The topological polar surface area (TPSA) is 498 Å². The highest BCUT2D eigenvalue weighted by molar-refractivity contribution is 6.00. The number of carbonyl (C=O) groups is 13. The molecule has 0 unspecified atom stereocenters. The Balaban J connectivity index is 1.46. The van der Waals surface area contributed by atoms with Crippen molar-refractivity contribution in [1.29, 1.82) is 0 Å². The van der Waals surface area contributed by atoms with Crippen LogP contribution < -0.4 is 70.8 Å². The molecule has 80 heavy (non-hydrogen) atoms. The number of amides is 13. The number of hydrogen-bond donors (Lipinski definition) is 15. The average Bonchev–Trinajstić information content (AvgIpc) is 4.29. The number of rotatable bonds is 16. The summed E-state index contributed by atoms with van der Waals surface area (Å²) in [6.45, 7) is -1.61. The van der Waals surface area contributed by atoms with Crippen LogP contribution in [0.2, 0.25) is 0 Å². The number of nitrogens with two attached hydrogens (primary N) is 4. The quantitative estimate of drug-likeness (QED) is 0.0694. The number of hydrogen-bond acceptors (Lipinski definition) is 17. The van der Waals surface area contributed by atoms with Gasteiger partial charge in [-0.1, -0.05) is 0 Å². The van der Waals surface area contributed by atoms with Crippen LogP contribution in [0.4, 0.5) is 0 Å². The Hall–Kier alpha value is -8.55. The monoisotopic (exact) mass is 1120 g/mol. The lowest BCUT2D eigenvalue weighted by atomic mass is 10.0. The van der Waals surface area contributed by atoms with E-state index < -0.39 is 158 Å². The molecule has 0 bridgehead atoms. The number of carbonyl (C=O) groups excluding carboxylic acids is 13. The summed E-state index contributed by atoms with van der Waals surface area (Å²) < 4.78 is 0. The standard InChI is InChI=1S/C48H73N19O13/c49-11-3-1-7-28-44(76)62-30(15-26-19-53-24-58-26)41(73)56-23-40(72)67-14-6-10-35(67)48(80)65-33(18-37(52)69)46(78)61-29(8-2-4-12-50)45(77)63-31(16-27-20-54-25-59-27)42(74)57-22-39(71)66-13-5-9-34(66)47(79)64-32(17-36(51)68)43(75)55-21-38(70)60-28/h19-20,24-25,28-35H,1-18,21-23,49-50H2,(H2,51,68)(H2,52,69)(H,53,58)(H,54,59)(H,55,75)(H,56,73)(H,57,74)(H,60,70)(H,61,78)(H,62,76)(H,63,77)(H,64,79)(H,65,80)/t28-,29-,30+,31+,32+,33+,34+,35+/m1/s1. The van der Waals surface area contributed by atoms with Gasteiger partial charge >= 0.3 is 0 Å². The van der Waals surface area contributed by atoms with E-state index in [0.717, 1.165) is 9.80 Å². The van der Waals surface area contributed by atoms with E-state index in [1.807, 2.05) is 0 Å². The lowest BCUT2D eigenvalue weighted by molar-refractivity contribution is -0.140. The zero-order valence-electron chi connectivity index (χ0n) is 44.2. The highest BCUT2D eigenvalue weighted by Gasteiger charge is 2.40. The molecule has 19 N–H and O–H groups in total. The number of primary amides is 2. The first kappa shape index (κ1) is 62.3. The van der Waals surface area contributed by atoms with E-state index in [1.165, 1.54) is 25.0 Å². The third kappa shape index (κ3) is 19.1. The average molecular weight is 1120 g/mol. The van der Waals surface area contributed by atoms with Gasteiger partial charge < -0.3 is 90.6 Å². The molecule has 0 saturated carbocycles. The van der Waals surface area contributed by atoms with Gasteiger partial charge in [-0.3, -0.25) is 62.3 Å². The van der Waals surface area contributed by atoms with Crippen molar-refractivity contribution in [3.05, 3.63) is 36.4 Å². The molecule has 5 heterocycles. The van der Waals surface area contributed by atoms with E-state index in [0.29, 0.717) is 43.5 Å². The van der Waals surface area contributed by atoms with Crippen LogP contribution in [-0.4, -0.2) is 201 Å². The first-order valence-electron chi connectivity index (χ1n) is 26.4. The van der Waals surface area contributed by atoms with Crippen molar-refractivity contribution in [2.45, 2.75) is 138 Å². The van der Waals surface area contributed by atoms with Crippen molar-refractivity contribution >= 4 is 76.8 Å². The van der Waals surface area contributed by atoms with Crippen molar-refractivity contribution in [2.75, 3.05) is 45.8 Å². The summed E-state index contributed by atoms with van der Waals surface area (Å²) >= 11 is 0. The molecule has 3 saturated heterocycles. The van der Waals surface area contributed by atoms with E-state index >= 15 is 0 Å². The van der Waals surface area contributed by atoms with Crippen molar-refractivity contribution < 1.29 is 62.3 Å². The number of unbranched alkanes of at least 4 members (excludes halogenated alkanes) is 2. The predicted octanol–water partition coefficient (Wildman–Crippen LogP) is -7.82. The lowest BCUT2D eigenvalue weighted by Crippen LogP contribution is -2.59. The van der Waals surface area contributed by atoms with Crippen LogP contribution in [0.3, 0.4) is 0 Å². The van der Waals surface area contributed by atoms with Gasteiger partial charge in [-0.05, 0) is 77.3 Å². The van der Waals surface area contributed by atoms with Gasteiger partial charge in [0.2, 0.25) is 76.8 Å². The summed E-state index contributed by atoms with van der Waals surface area (Å²) in [4.78, 5) is 193. The summed E-state index contributed by atoms with van der Waals surface area (Å²) in [5.74, 6) is -11.7. The predicted molar refractivity (Wildman–Crippen MR) is 278 cm³/mol. The summed E-state index contributed by atoms with van der Waals surface area (Å²) in [5.41, 5.74) is 23.0. The second-order valence-electron chi connectivity index (χ2n) is 19.5. The fraction of sp³-hybridized carbons (Fsp3) is 0.604. The van der Waals surface area contributed by atoms with Crippen LogP contribution in [0, 0.1) is 0 Å². The smallest absolute Gasteiger partial charge is 0.243 e. The van der Waals surface area contributed by atoms with E-state index in [2.05, 4.69) is 67.8 Å². The largest absolute Gasteiger partial charge is 0.370 e. The van der Waals surface area contributed by atoms with E-state index in [1.54, 1.807) is 0 Å². The van der Waals surface area contributed by atoms with Crippen LogP contribution in [0.25, 0.3) is 0 Å². The van der Waals surface area contributed by atoms with Crippen LogP contribution in [0.15, 0.2) is 25.0 Å². The first-order valence-corrected chi connectivity index (χ1v) is 26.4.